The minimum absolute atomic E-state index is 0.0107. The minimum atomic E-state index is -0.340. The van der Waals surface area contributed by atoms with Gasteiger partial charge in [-0.25, -0.2) is 0 Å². The van der Waals surface area contributed by atoms with Crippen molar-refractivity contribution in [1.29, 1.82) is 0 Å². The summed E-state index contributed by atoms with van der Waals surface area (Å²) in [6.45, 7) is 4.14. The standard InChI is InChI=1S/C27H30N2O3/c1-2-31-24-15-9-10-16-25(24)32-23-17-19-29(20-18-23)26(21-11-5-3-6-12-21)27(30)28-22-13-7-4-8-14-22/h3-16,23,26H,2,17-20H2,1H3,(H,28,30). The van der Waals surface area contributed by atoms with Crippen molar-refractivity contribution in [2.75, 3.05) is 25.0 Å². The van der Waals surface area contributed by atoms with Crippen LogP contribution in [0.1, 0.15) is 31.4 Å². The van der Waals surface area contributed by atoms with Crippen molar-refractivity contribution in [3.05, 3.63) is 90.5 Å². The van der Waals surface area contributed by atoms with Crippen molar-refractivity contribution < 1.29 is 14.3 Å². The fraction of sp³-hybridized carbons (Fsp3) is 0.296. The molecular weight excluding hydrogens is 400 g/mol. The zero-order chi connectivity index (χ0) is 22.2. The van der Waals surface area contributed by atoms with Crippen LogP contribution in [-0.4, -0.2) is 36.6 Å². The van der Waals surface area contributed by atoms with Crippen LogP contribution in [0.3, 0.4) is 0 Å². The van der Waals surface area contributed by atoms with E-state index >= 15 is 0 Å². The van der Waals surface area contributed by atoms with Crippen molar-refractivity contribution >= 4 is 11.6 Å². The first-order valence-electron chi connectivity index (χ1n) is 11.3. The smallest absolute Gasteiger partial charge is 0.246 e. The largest absolute Gasteiger partial charge is 0.490 e. The highest BCUT2D eigenvalue weighted by Gasteiger charge is 2.32. The number of benzene rings is 3. The Morgan fingerprint density at radius 1 is 0.906 bits per heavy atom. The summed E-state index contributed by atoms with van der Waals surface area (Å²) in [5, 5.41) is 3.08. The molecule has 0 spiro atoms. The van der Waals surface area contributed by atoms with E-state index in [9.17, 15) is 4.79 Å². The molecule has 3 aromatic rings. The van der Waals surface area contributed by atoms with Gasteiger partial charge in [-0.05, 0) is 49.6 Å². The summed E-state index contributed by atoms with van der Waals surface area (Å²) in [6.07, 6.45) is 1.80. The van der Waals surface area contributed by atoms with E-state index in [-0.39, 0.29) is 18.1 Å². The molecule has 166 valence electrons. The van der Waals surface area contributed by atoms with Gasteiger partial charge in [-0.15, -0.1) is 0 Å². The number of nitrogens with zero attached hydrogens (tertiary/aromatic N) is 1. The Kier molecular flexibility index (Phi) is 7.41. The average molecular weight is 431 g/mol. The van der Waals surface area contributed by atoms with Crippen LogP contribution in [0, 0.1) is 0 Å². The lowest BCUT2D eigenvalue weighted by Gasteiger charge is -2.37. The highest BCUT2D eigenvalue weighted by Crippen LogP contribution is 2.31. The van der Waals surface area contributed by atoms with Gasteiger partial charge < -0.3 is 14.8 Å². The zero-order valence-corrected chi connectivity index (χ0v) is 18.4. The first-order valence-corrected chi connectivity index (χ1v) is 11.3. The van der Waals surface area contributed by atoms with Crippen molar-refractivity contribution in [1.82, 2.24) is 4.90 Å². The third kappa shape index (κ3) is 5.48. The van der Waals surface area contributed by atoms with Crippen LogP contribution < -0.4 is 14.8 Å². The number of piperidine rings is 1. The zero-order valence-electron chi connectivity index (χ0n) is 18.4. The van der Waals surface area contributed by atoms with E-state index in [2.05, 4.69) is 10.2 Å². The van der Waals surface area contributed by atoms with Crippen LogP contribution in [0.5, 0.6) is 11.5 Å². The second kappa shape index (κ2) is 10.8. The van der Waals surface area contributed by atoms with Crippen molar-refractivity contribution in [3.8, 4) is 11.5 Å². The Morgan fingerprint density at radius 3 is 2.16 bits per heavy atom. The number of likely N-dealkylation sites (tertiary alicyclic amines) is 1. The molecule has 1 heterocycles. The number of nitrogens with one attached hydrogen (secondary N) is 1. The van der Waals surface area contributed by atoms with Crippen molar-refractivity contribution in [2.24, 2.45) is 0 Å². The monoisotopic (exact) mass is 430 g/mol. The molecule has 5 nitrogen and oxygen atoms in total. The quantitative estimate of drug-likeness (QED) is 0.526. The minimum Gasteiger partial charge on any atom is -0.490 e. The molecule has 1 fully saturated rings. The van der Waals surface area contributed by atoms with E-state index in [1.54, 1.807) is 0 Å². The molecule has 1 aliphatic heterocycles. The molecule has 32 heavy (non-hydrogen) atoms. The first kappa shape index (κ1) is 21.9. The lowest BCUT2D eigenvalue weighted by molar-refractivity contribution is -0.122. The van der Waals surface area contributed by atoms with E-state index in [0.717, 1.165) is 48.7 Å². The lowest BCUT2D eigenvalue weighted by atomic mass is 9.99. The molecule has 0 aromatic heterocycles. The maximum absolute atomic E-state index is 13.3. The summed E-state index contributed by atoms with van der Waals surface area (Å²) in [7, 11) is 0. The number of amides is 1. The van der Waals surface area contributed by atoms with Crippen LogP contribution in [0.2, 0.25) is 0 Å². The maximum Gasteiger partial charge on any atom is 0.246 e. The predicted octanol–water partition coefficient (Wildman–Crippen LogP) is 5.31. The van der Waals surface area contributed by atoms with Gasteiger partial charge in [-0.2, -0.15) is 0 Å². The third-order valence-electron chi connectivity index (χ3n) is 5.69. The molecule has 0 saturated carbocycles. The fourth-order valence-corrected chi connectivity index (χ4v) is 4.15. The van der Waals surface area contributed by atoms with Gasteiger partial charge in [0.15, 0.2) is 11.5 Å². The Labute approximate surface area is 190 Å². The molecule has 4 rings (SSSR count). The van der Waals surface area contributed by atoms with Crippen LogP contribution in [0.25, 0.3) is 0 Å². The molecule has 1 amide bonds. The SMILES string of the molecule is CCOc1ccccc1OC1CCN(C(C(=O)Nc2ccccc2)c2ccccc2)CC1. The van der Waals surface area contributed by atoms with Crippen LogP contribution in [0.15, 0.2) is 84.9 Å². The van der Waals surface area contributed by atoms with Gasteiger partial charge in [0.25, 0.3) is 0 Å². The van der Waals surface area contributed by atoms with Gasteiger partial charge in [0.05, 0.1) is 6.61 Å². The molecule has 0 bridgehead atoms. The number of ether oxygens (including phenoxy) is 2. The van der Waals surface area contributed by atoms with E-state index in [1.165, 1.54) is 0 Å². The summed E-state index contributed by atoms with van der Waals surface area (Å²) in [6, 6.07) is 27.1. The van der Waals surface area contributed by atoms with Gasteiger partial charge in [0.1, 0.15) is 12.1 Å². The Bertz CT molecular complexity index is 986. The number of hydrogen-bond donors (Lipinski definition) is 1. The third-order valence-corrected chi connectivity index (χ3v) is 5.69. The average Bonchev–Trinajstić information content (AvgIpc) is 2.83. The molecule has 1 unspecified atom stereocenters. The van der Waals surface area contributed by atoms with E-state index < -0.39 is 0 Å². The van der Waals surface area contributed by atoms with Gasteiger partial charge >= 0.3 is 0 Å². The van der Waals surface area contributed by atoms with E-state index in [0.29, 0.717) is 6.61 Å². The number of hydrogen-bond acceptors (Lipinski definition) is 4. The summed E-state index contributed by atoms with van der Waals surface area (Å²) in [5.41, 5.74) is 1.81. The second-order valence-electron chi connectivity index (χ2n) is 7.90. The molecule has 1 saturated heterocycles. The number of carbonyl (C=O) groups excluding carboxylic acids is 1. The highest BCUT2D eigenvalue weighted by atomic mass is 16.5. The Balaban J connectivity index is 1.44. The van der Waals surface area contributed by atoms with Crippen molar-refractivity contribution in [3.63, 3.8) is 0 Å². The molecular formula is C27H30N2O3. The Morgan fingerprint density at radius 2 is 1.50 bits per heavy atom. The topological polar surface area (TPSA) is 50.8 Å². The highest BCUT2D eigenvalue weighted by molar-refractivity contribution is 5.95. The van der Waals surface area contributed by atoms with Crippen LogP contribution in [-0.2, 0) is 4.79 Å². The Hall–Kier alpha value is -3.31. The number of carbonyl (C=O) groups is 1. The van der Waals surface area contributed by atoms with Gasteiger partial charge in [-0.3, -0.25) is 9.69 Å². The molecule has 5 heteroatoms. The van der Waals surface area contributed by atoms with Gasteiger partial charge in [0.2, 0.25) is 5.91 Å². The number of rotatable bonds is 8. The lowest BCUT2D eigenvalue weighted by Crippen LogP contribution is -2.44. The number of para-hydroxylation sites is 3. The molecule has 3 aromatic carbocycles. The predicted molar refractivity (Wildman–Crippen MR) is 127 cm³/mol. The first-order chi connectivity index (χ1) is 15.7. The number of anilines is 1. The summed E-state index contributed by atoms with van der Waals surface area (Å²) < 4.78 is 12.0. The molecule has 1 N–H and O–H groups in total. The molecule has 0 aliphatic carbocycles. The summed E-state index contributed by atoms with van der Waals surface area (Å²) in [4.78, 5) is 15.6. The summed E-state index contributed by atoms with van der Waals surface area (Å²) in [5.74, 6) is 1.56. The van der Waals surface area contributed by atoms with Crippen LogP contribution in [0.4, 0.5) is 5.69 Å². The maximum atomic E-state index is 13.3. The van der Waals surface area contributed by atoms with E-state index in [1.807, 2.05) is 91.9 Å². The molecule has 1 aliphatic rings. The summed E-state index contributed by atoms with van der Waals surface area (Å²) >= 11 is 0. The van der Waals surface area contributed by atoms with E-state index in [4.69, 9.17) is 9.47 Å². The fourth-order valence-electron chi connectivity index (χ4n) is 4.15. The van der Waals surface area contributed by atoms with Crippen molar-refractivity contribution in [2.45, 2.75) is 31.9 Å². The second-order valence-corrected chi connectivity index (χ2v) is 7.90. The molecule has 1 atom stereocenters. The normalized spacial score (nSPS) is 15.7. The van der Waals surface area contributed by atoms with Gasteiger partial charge in [-0.1, -0.05) is 60.7 Å². The molecule has 0 radical (unpaired) electrons. The van der Waals surface area contributed by atoms with Crippen LogP contribution >= 0.6 is 0 Å². The van der Waals surface area contributed by atoms with Gasteiger partial charge in [0, 0.05) is 18.8 Å².